The maximum Gasteiger partial charge on any atom is 0.238 e. The molecule has 0 spiro atoms. The molecule has 3 rings (SSSR count). The van der Waals surface area contributed by atoms with Crippen LogP contribution in [0.25, 0.3) is 11.0 Å². The molecule has 7 nitrogen and oxygen atoms in total. The Morgan fingerprint density at radius 1 is 1.00 bits per heavy atom. The van der Waals surface area contributed by atoms with E-state index in [4.69, 9.17) is 23.4 Å². The second-order valence-corrected chi connectivity index (χ2v) is 6.81. The minimum Gasteiger partial charge on any atom is -0.507 e. The summed E-state index contributed by atoms with van der Waals surface area (Å²) >= 11 is 0. The van der Waals surface area contributed by atoms with Gasteiger partial charge in [0, 0.05) is 17.7 Å². The zero-order valence-corrected chi connectivity index (χ0v) is 17.6. The average Bonchev–Trinajstić information content (AvgIpc) is 2.74. The smallest absolute Gasteiger partial charge is 0.238 e. The van der Waals surface area contributed by atoms with Crippen LogP contribution in [0, 0.1) is 0 Å². The normalized spacial score (nSPS) is 10.6. The van der Waals surface area contributed by atoms with E-state index >= 15 is 0 Å². The van der Waals surface area contributed by atoms with Crippen molar-refractivity contribution in [2.75, 3.05) is 21.3 Å². The Balaban J connectivity index is 2.14. The van der Waals surface area contributed by atoms with Crippen LogP contribution in [0.15, 0.2) is 51.4 Å². The molecule has 2 aromatic carbocycles. The van der Waals surface area contributed by atoms with Gasteiger partial charge in [0.1, 0.15) is 34.5 Å². The zero-order valence-electron chi connectivity index (χ0n) is 17.6. The highest BCUT2D eigenvalue weighted by Crippen LogP contribution is 2.37. The van der Waals surface area contributed by atoms with Crippen LogP contribution in [-0.4, -0.2) is 26.4 Å². The third-order valence-electron chi connectivity index (χ3n) is 4.58. The second-order valence-electron chi connectivity index (χ2n) is 6.81. The lowest BCUT2D eigenvalue weighted by Crippen LogP contribution is -2.07. The third-order valence-corrected chi connectivity index (χ3v) is 4.58. The molecule has 0 saturated heterocycles. The third kappa shape index (κ3) is 4.05. The van der Waals surface area contributed by atoms with Crippen LogP contribution in [-0.2, 0) is 6.42 Å². The lowest BCUT2D eigenvalue weighted by atomic mass is 10.0. The average molecular weight is 412 g/mol. The van der Waals surface area contributed by atoms with E-state index in [1.54, 1.807) is 18.2 Å². The van der Waals surface area contributed by atoms with Crippen LogP contribution < -0.4 is 24.4 Å². The molecule has 0 atom stereocenters. The number of benzene rings is 2. The molecule has 0 radical (unpaired) electrons. The van der Waals surface area contributed by atoms with Gasteiger partial charge in [-0.3, -0.25) is 4.79 Å². The van der Waals surface area contributed by atoms with Crippen LogP contribution in [0.1, 0.15) is 19.4 Å². The first kappa shape index (κ1) is 21.1. The quantitative estimate of drug-likeness (QED) is 0.556. The van der Waals surface area contributed by atoms with Gasteiger partial charge in [-0.15, -0.1) is 0 Å². The van der Waals surface area contributed by atoms with Crippen molar-refractivity contribution in [3.05, 3.63) is 58.0 Å². The maximum absolute atomic E-state index is 13.1. The summed E-state index contributed by atoms with van der Waals surface area (Å²) in [6.07, 6.45) is 3.69. The van der Waals surface area contributed by atoms with Gasteiger partial charge in [-0.05, 0) is 32.4 Å². The molecule has 0 bridgehead atoms. The summed E-state index contributed by atoms with van der Waals surface area (Å²) < 4.78 is 27.3. The van der Waals surface area contributed by atoms with Crippen molar-refractivity contribution in [3.8, 4) is 34.5 Å². The highest BCUT2D eigenvalue weighted by molar-refractivity contribution is 5.89. The Hall–Kier alpha value is -3.61. The summed E-state index contributed by atoms with van der Waals surface area (Å²) in [5, 5.41) is 10.5. The Bertz CT molecular complexity index is 1150. The first-order valence-corrected chi connectivity index (χ1v) is 9.27. The van der Waals surface area contributed by atoms with E-state index in [1.807, 2.05) is 19.9 Å². The zero-order chi connectivity index (χ0) is 21.8. The number of allylic oxidation sites excluding steroid dienone is 2. The maximum atomic E-state index is 13.1. The summed E-state index contributed by atoms with van der Waals surface area (Å²) in [7, 11) is 4.52. The Labute approximate surface area is 174 Å². The molecular formula is C23H24O7. The molecule has 158 valence electrons. The number of ether oxygens (including phenoxy) is 4. The van der Waals surface area contributed by atoms with Gasteiger partial charge in [0.15, 0.2) is 11.5 Å². The first-order chi connectivity index (χ1) is 14.4. The van der Waals surface area contributed by atoms with Crippen molar-refractivity contribution in [2.24, 2.45) is 0 Å². The van der Waals surface area contributed by atoms with Gasteiger partial charge in [0.2, 0.25) is 11.2 Å². The number of phenolic OH excluding ortho intramolecular Hbond substituents is 1. The van der Waals surface area contributed by atoms with E-state index in [2.05, 4.69) is 0 Å². The van der Waals surface area contributed by atoms with Crippen molar-refractivity contribution >= 4 is 11.0 Å². The van der Waals surface area contributed by atoms with Gasteiger partial charge in [-0.1, -0.05) is 11.6 Å². The number of methoxy groups -OCH3 is 3. The molecule has 30 heavy (non-hydrogen) atoms. The summed E-state index contributed by atoms with van der Waals surface area (Å²) in [6, 6.07) is 6.35. The molecule has 1 N–H and O–H groups in total. The van der Waals surface area contributed by atoms with E-state index in [0.717, 1.165) is 5.57 Å². The molecule has 0 amide bonds. The van der Waals surface area contributed by atoms with Crippen LogP contribution in [0.2, 0.25) is 0 Å². The SMILES string of the molecule is COc1ccc(Oc2coc3c(CC=C(C)C)c(OC)cc(O)c3c2=O)c(OC)c1. The van der Waals surface area contributed by atoms with Crippen LogP contribution in [0.3, 0.4) is 0 Å². The van der Waals surface area contributed by atoms with E-state index < -0.39 is 5.43 Å². The summed E-state index contributed by atoms with van der Waals surface area (Å²) in [5.41, 5.74) is 1.51. The van der Waals surface area contributed by atoms with Gasteiger partial charge >= 0.3 is 0 Å². The van der Waals surface area contributed by atoms with Crippen LogP contribution in [0.5, 0.6) is 34.5 Å². The molecule has 7 heteroatoms. The number of hydrogen-bond acceptors (Lipinski definition) is 7. The van der Waals surface area contributed by atoms with Gasteiger partial charge in [0.05, 0.1) is 21.3 Å². The van der Waals surface area contributed by atoms with Crippen molar-refractivity contribution in [1.29, 1.82) is 0 Å². The molecule has 0 aliphatic carbocycles. The molecule has 0 fully saturated rings. The lowest BCUT2D eigenvalue weighted by molar-refractivity contribution is 0.364. The molecule has 0 aliphatic rings. The van der Waals surface area contributed by atoms with E-state index in [-0.39, 0.29) is 22.5 Å². The van der Waals surface area contributed by atoms with Crippen molar-refractivity contribution in [3.63, 3.8) is 0 Å². The molecule has 0 aliphatic heterocycles. The van der Waals surface area contributed by atoms with Gasteiger partial charge in [-0.2, -0.15) is 0 Å². The van der Waals surface area contributed by atoms with Crippen molar-refractivity contribution < 1.29 is 28.5 Å². The Kier molecular flexibility index (Phi) is 6.20. The van der Waals surface area contributed by atoms with E-state index in [9.17, 15) is 9.90 Å². The molecule has 1 aromatic heterocycles. The van der Waals surface area contributed by atoms with Crippen LogP contribution >= 0.6 is 0 Å². The predicted molar refractivity (Wildman–Crippen MR) is 113 cm³/mol. The summed E-state index contributed by atoms with van der Waals surface area (Å²) in [4.78, 5) is 13.1. The molecular weight excluding hydrogens is 388 g/mol. The number of phenols is 1. The predicted octanol–water partition coefficient (Wildman–Crippen LogP) is 4.83. The first-order valence-electron chi connectivity index (χ1n) is 9.27. The highest BCUT2D eigenvalue weighted by Gasteiger charge is 2.20. The molecule has 1 heterocycles. The van der Waals surface area contributed by atoms with Gasteiger partial charge < -0.3 is 28.5 Å². The van der Waals surface area contributed by atoms with Crippen LogP contribution in [0.4, 0.5) is 0 Å². The number of fused-ring (bicyclic) bond motifs is 1. The monoisotopic (exact) mass is 412 g/mol. The largest absolute Gasteiger partial charge is 0.507 e. The fourth-order valence-corrected chi connectivity index (χ4v) is 3.03. The molecule has 3 aromatic rings. The Morgan fingerprint density at radius 3 is 2.37 bits per heavy atom. The van der Waals surface area contributed by atoms with E-state index in [1.165, 1.54) is 33.7 Å². The fraction of sp³-hybridized carbons (Fsp3) is 0.261. The summed E-state index contributed by atoms with van der Waals surface area (Å²) in [5.74, 6) is 1.38. The lowest BCUT2D eigenvalue weighted by Gasteiger charge is -2.14. The number of rotatable bonds is 7. The summed E-state index contributed by atoms with van der Waals surface area (Å²) in [6.45, 7) is 3.94. The van der Waals surface area contributed by atoms with Crippen molar-refractivity contribution in [2.45, 2.75) is 20.3 Å². The standard InChI is InChI=1S/C23H24O7/c1-13(2)6-8-15-18(27-4)11-16(24)21-22(25)20(12-29-23(15)21)30-17-9-7-14(26-3)10-19(17)28-5/h6-7,9-12,24H,8H2,1-5H3. The number of aromatic hydroxyl groups is 1. The minimum absolute atomic E-state index is 0.0259. The van der Waals surface area contributed by atoms with Gasteiger partial charge in [0.25, 0.3) is 0 Å². The van der Waals surface area contributed by atoms with E-state index in [0.29, 0.717) is 35.0 Å². The Morgan fingerprint density at radius 2 is 1.73 bits per heavy atom. The second kappa shape index (κ2) is 8.82. The highest BCUT2D eigenvalue weighted by atomic mass is 16.5. The molecule has 0 unspecified atom stereocenters. The topological polar surface area (TPSA) is 87.4 Å². The minimum atomic E-state index is -0.507. The van der Waals surface area contributed by atoms with Crippen molar-refractivity contribution in [1.82, 2.24) is 0 Å². The molecule has 0 saturated carbocycles. The van der Waals surface area contributed by atoms with Gasteiger partial charge in [-0.25, -0.2) is 0 Å². The number of hydrogen-bond donors (Lipinski definition) is 1. The fourth-order valence-electron chi connectivity index (χ4n) is 3.03.